The van der Waals surface area contributed by atoms with Crippen LogP contribution in [0, 0.1) is 17.2 Å². The third-order valence-corrected chi connectivity index (χ3v) is 5.26. The highest BCUT2D eigenvalue weighted by atomic mass is 32.2. The lowest BCUT2D eigenvalue weighted by Crippen LogP contribution is -2.38. The van der Waals surface area contributed by atoms with E-state index in [-0.39, 0.29) is 27.6 Å². The number of alkyl halides is 3. The number of nitriles is 1. The SMILES string of the molecule is CC(C)(C)c1ncc(-c2nc3n(c(=O)c2C#N)CC(C(F)(F)F)CS3)cn1. The zero-order chi connectivity index (χ0) is 20.0. The molecule has 27 heavy (non-hydrogen) atoms. The first-order valence-corrected chi connectivity index (χ1v) is 9.08. The molecule has 0 aliphatic carbocycles. The molecule has 1 aliphatic heterocycles. The highest BCUT2D eigenvalue weighted by Gasteiger charge is 2.42. The van der Waals surface area contributed by atoms with Gasteiger partial charge >= 0.3 is 6.18 Å². The van der Waals surface area contributed by atoms with Gasteiger partial charge in [-0.3, -0.25) is 9.36 Å². The normalized spacial score (nSPS) is 17.3. The first-order valence-electron chi connectivity index (χ1n) is 8.09. The van der Waals surface area contributed by atoms with Crippen LogP contribution in [0.5, 0.6) is 0 Å². The Kier molecular flexibility index (Phi) is 4.76. The van der Waals surface area contributed by atoms with Crippen LogP contribution in [0.15, 0.2) is 22.3 Å². The van der Waals surface area contributed by atoms with E-state index in [1.807, 2.05) is 20.8 Å². The maximum atomic E-state index is 13.0. The molecule has 142 valence electrons. The van der Waals surface area contributed by atoms with Crippen molar-refractivity contribution in [3.63, 3.8) is 0 Å². The maximum Gasteiger partial charge on any atom is 0.394 e. The van der Waals surface area contributed by atoms with Gasteiger partial charge < -0.3 is 0 Å². The third kappa shape index (κ3) is 3.69. The van der Waals surface area contributed by atoms with Crippen LogP contribution < -0.4 is 5.56 Å². The Hall–Kier alpha value is -2.41. The van der Waals surface area contributed by atoms with Gasteiger partial charge in [0.1, 0.15) is 17.5 Å². The lowest BCUT2D eigenvalue weighted by Gasteiger charge is -2.27. The minimum atomic E-state index is -4.41. The van der Waals surface area contributed by atoms with E-state index in [0.29, 0.717) is 11.4 Å². The quantitative estimate of drug-likeness (QED) is 0.690. The molecule has 2 aromatic rings. The molecule has 6 nitrogen and oxygen atoms in total. The van der Waals surface area contributed by atoms with E-state index < -0.39 is 24.2 Å². The fourth-order valence-electron chi connectivity index (χ4n) is 2.60. The maximum absolute atomic E-state index is 13.0. The minimum absolute atomic E-state index is 0.0900. The molecular weight excluding hydrogens is 379 g/mol. The van der Waals surface area contributed by atoms with Crippen LogP contribution in [0.4, 0.5) is 13.2 Å². The standard InChI is InChI=1S/C17H16F3N5OS/c1-16(2,3)14-22-5-9(6-23-14)12-11(4-21)13(26)25-7-10(17(18,19)20)8-27-15(25)24-12/h5-6,10H,7-8H2,1-3H3. The summed E-state index contributed by atoms with van der Waals surface area (Å²) < 4.78 is 39.9. The fourth-order valence-corrected chi connectivity index (χ4v) is 3.71. The largest absolute Gasteiger partial charge is 0.394 e. The van der Waals surface area contributed by atoms with Gasteiger partial charge in [0.2, 0.25) is 0 Å². The Morgan fingerprint density at radius 1 is 1.26 bits per heavy atom. The van der Waals surface area contributed by atoms with Crippen LogP contribution in [0.1, 0.15) is 32.2 Å². The molecule has 0 saturated carbocycles. The van der Waals surface area contributed by atoms with Crippen molar-refractivity contribution in [2.45, 2.75) is 44.1 Å². The number of nitrogens with zero attached hydrogens (tertiary/aromatic N) is 5. The summed E-state index contributed by atoms with van der Waals surface area (Å²) in [4.78, 5) is 25.4. The van der Waals surface area contributed by atoms with Crippen molar-refractivity contribution >= 4 is 11.8 Å². The van der Waals surface area contributed by atoms with Crippen molar-refractivity contribution in [3.05, 3.63) is 34.1 Å². The van der Waals surface area contributed by atoms with Crippen molar-refractivity contribution in [3.8, 4) is 17.3 Å². The molecule has 0 fully saturated rings. The zero-order valence-corrected chi connectivity index (χ0v) is 15.6. The second-order valence-electron chi connectivity index (χ2n) is 7.24. The summed E-state index contributed by atoms with van der Waals surface area (Å²) in [5.41, 5.74) is -0.902. The van der Waals surface area contributed by atoms with Crippen LogP contribution >= 0.6 is 11.8 Å². The molecule has 0 aromatic carbocycles. The van der Waals surface area contributed by atoms with E-state index in [4.69, 9.17) is 0 Å². The molecule has 0 N–H and O–H groups in total. The second-order valence-corrected chi connectivity index (χ2v) is 8.23. The van der Waals surface area contributed by atoms with Gasteiger partial charge in [-0.2, -0.15) is 18.4 Å². The smallest absolute Gasteiger partial charge is 0.286 e. The lowest BCUT2D eigenvalue weighted by molar-refractivity contribution is -0.172. The van der Waals surface area contributed by atoms with E-state index in [2.05, 4.69) is 15.0 Å². The van der Waals surface area contributed by atoms with Gasteiger partial charge in [-0.25, -0.2) is 15.0 Å². The van der Waals surface area contributed by atoms with E-state index in [9.17, 15) is 23.2 Å². The van der Waals surface area contributed by atoms with Crippen molar-refractivity contribution in [2.75, 3.05) is 5.75 Å². The van der Waals surface area contributed by atoms with Crippen LogP contribution in [-0.2, 0) is 12.0 Å². The Bertz CT molecular complexity index is 971. The van der Waals surface area contributed by atoms with Crippen molar-refractivity contribution < 1.29 is 13.2 Å². The molecule has 1 unspecified atom stereocenters. The van der Waals surface area contributed by atoms with Gasteiger partial charge in [0, 0.05) is 35.7 Å². The molecular formula is C17H16F3N5OS. The summed E-state index contributed by atoms with van der Waals surface area (Å²) in [7, 11) is 0. The van der Waals surface area contributed by atoms with Gasteiger partial charge in [0.05, 0.1) is 11.6 Å². The van der Waals surface area contributed by atoms with Gasteiger partial charge in [-0.15, -0.1) is 0 Å². The average Bonchev–Trinajstić information content (AvgIpc) is 2.60. The highest BCUT2D eigenvalue weighted by Crippen LogP contribution is 2.36. The molecule has 0 bridgehead atoms. The number of halogens is 3. The Morgan fingerprint density at radius 3 is 2.41 bits per heavy atom. The Balaban J connectivity index is 2.08. The van der Waals surface area contributed by atoms with Crippen LogP contribution in [-0.4, -0.2) is 31.4 Å². The van der Waals surface area contributed by atoms with Crippen molar-refractivity contribution in [2.24, 2.45) is 5.92 Å². The minimum Gasteiger partial charge on any atom is -0.286 e. The number of hydrogen-bond donors (Lipinski definition) is 0. The molecule has 3 rings (SSSR count). The molecule has 2 aromatic heterocycles. The van der Waals surface area contributed by atoms with Gasteiger partial charge in [-0.1, -0.05) is 32.5 Å². The topological polar surface area (TPSA) is 84.5 Å². The number of fused-ring (bicyclic) bond motifs is 1. The van der Waals surface area contributed by atoms with E-state index in [1.54, 1.807) is 6.07 Å². The number of rotatable bonds is 1. The predicted molar refractivity (Wildman–Crippen MR) is 93.2 cm³/mol. The molecule has 10 heteroatoms. The number of thioether (sulfide) groups is 1. The van der Waals surface area contributed by atoms with Gasteiger partial charge in [0.15, 0.2) is 5.16 Å². The summed E-state index contributed by atoms with van der Waals surface area (Å²) in [6, 6.07) is 1.77. The summed E-state index contributed by atoms with van der Waals surface area (Å²) >= 11 is 0.855. The van der Waals surface area contributed by atoms with E-state index >= 15 is 0 Å². The summed E-state index contributed by atoms with van der Waals surface area (Å²) in [6.45, 7) is 5.30. The molecule has 0 amide bonds. The van der Waals surface area contributed by atoms with E-state index in [0.717, 1.165) is 16.3 Å². The molecule has 1 atom stereocenters. The number of hydrogen-bond acceptors (Lipinski definition) is 6. The predicted octanol–water partition coefficient (Wildman–Crippen LogP) is 3.15. The molecule has 1 aliphatic rings. The number of aromatic nitrogens is 4. The monoisotopic (exact) mass is 395 g/mol. The van der Waals surface area contributed by atoms with Crippen molar-refractivity contribution in [1.29, 1.82) is 5.26 Å². The highest BCUT2D eigenvalue weighted by molar-refractivity contribution is 7.99. The van der Waals surface area contributed by atoms with Crippen LogP contribution in [0.2, 0.25) is 0 Å². The van der Waals surface area contributed by atoms with Gasteiger partial charge in [0.25, 0.3) is 5.56 Å². The Morgan fingerprint density at radius 2 is 1.89 bits per heavy atom. The summed E-state index contributed by atoms with van der Waals surface area (Å²) in [5, 5.41) is 9.56. The van der Waals surface area contributed by atoms with Crippen molar-refractivity contribution in [1.82, 2.24) is 19.5 Å². The third-order valence-electron chi connectivity index (χ3n) is 4.12. The second kappa shape index (κ2) is 6.64. The first-order chi connectivity index (χ1) is 12.5. The molecule has 0 saturated heterocycles. The van der Waals surface area contributed by atoms with Crippen LogP contribution in [0.25, 0.3) is 11.3 Å². The first kappa shape index (κ1) is 19.4. The average molecular weight is 395 g/mol. The van der Waals surface area contributed by atoms with Gasteiger partial charge in [-0.05, 0) is 0 Å². The lowest BCUT2D eigenvalue weighted by atomic mass is 9.95. The fraction of sp³-hybridized carbons (Fsp3) is 0.471. The molecule has 0 spiro atoms. The molecule has 0 radical (unpaired) electrons. The van der Waals surface area contributed by atoms with Crippen LogP contribution in [0.3, 0.4) is 0 Å². The zero-order valence-electron chi connectivity index (χ0n) is 14.8. The summed E-state index contributed by atoms with van der Waals surface area (Å²) in [6.07, 6.45) is -1.47. The van der Waals surface area contributed by atoms with E-state index in [1.165, 1.54) is 12.4 Å². The summed E-state index contributed by atoms with van der Waals surface area (Å²) in [5.74, 6) is -1.29. The molecule has 3 heterocycles. The Labute approximate surface area is 157 Å².